The van der Waals surface area contributed by atoms with Crippen LogP contribution in [0.25, 0.3) is 0 Å². The predicted octanol–water partition coefficient (Wildman–Crippen LogP) is 2.27. The quantitative estimate of drug-likeness (QED) is 0.914. The van der Waals surface area contributed by atoms with Crippen molar-refractivity contribution in [2.24, 2.45) is 5.73 Å². The van der Waals surface area contributed by atoms with Gasteiger partial charge in [0, 0.05) is 12.2 Å². The Kier molecular flexibility index (Phi) is 3.97. The molecule has 1 saturated carbocycles. The third-order valence-electron chi connectivity index (χ3n) is 3.75. The summed E-state index contributed by atoms with van der Waals surface area (Å²) in [6, 6.07) is 15.0. The molecule has 0 aliphatic heterocycles. The van der Waals surface area contributed by atoms with Crippen LogP contribution >= 0.6 is 0 Å². The van der Waals surface area contributed by atoms with Crippen LogP contribution in [0, 0.1) is 0 Å². The molecule has 1 atom stereocenters. The van der Waals surface area contributed by atoms with Gasteiger partial charge < -0.3 is 10.6 Å². The van der Waals surface area contributed by atoms with Crippen molar-refractivity contribution in [3.05, 3.63) is 66.0 Å². The number of hydrogen-bond donors (Lipinski definition) is 1. The van der Waals surface area contributed by atoms with Crippen molar-refractivity contribution in [3.8, 4) is 0 Å². The first-order chi connectivity index (χ1) is 10.3. The third-order valence-corrected chi connectivity index (χ3v) is 3.75. The molecule has 3 rings (SSSR count). The topological polar surface area (TPSA) is 59.2 Å². The van der Waals surface area contributed by atoms with E-state index in [1.165, 1.54) is 0 Å². The Morgan fingerprint density at radius 2 is 1.90 bits per heavy atom. The lowest BCUT2D eigenvalue weighted by molar-refractivity contribution is -0.134. The van der Waals surface area contributed by atoms with Gasteiger partial charge in [-0.05, 0) is 30.5 Å². The van der Waals surface area contributed by atoms with Crippen LogP contribution in [0.15, 0.2) is 54.7 Å². The second-order valence-corrected chi connectivity index (χ2v) is 5.41. The molecule has 1 aromatic carbocycles. The summed E-state index contributed by atoms with van der Waals surface area (Å²) in [4.78, 5) is 18.9. The molecule has 0 radical (unpaired) electrons. The number of nitrogens with zero attached hydrogens (tertiary/aromatic N) is 2. The van der Waals surface area contributed by atoms with Crippen molar-refractivity contribution in [1.29, 1.82) is 0 Å². The summed E-state index contributed by atoms with van der Waals surface area (Å²) in [6.07, 6.45) is 3.86. The molecule has 21 heavy (non-hydrogen) atoms. The van der Waals surface area contributed by atoms with Crippen LogP contribution in [0.4, 0.5) is 0 Å². The molecule has 4 heteroatoms. The Bertz CT molecular complexity index is 596. The van der Waals surface area contributed by atoms with Crippen LogP contribution in [0.2, 0.25) is 0 Å². The summed E-state index contributed by atoms with van der Waals surface area (Å²) in [7, 11) is 0. The first-order valence-corrected chi connectivity index (χ1v) is 7.26. The van der Waals surface area contributed by atoms with E-state index in [-0.39, 0.29) is 5.91 Å². The molecule has 108 valence electrons. The van der Waals surface area contributed by atoms with E-state index in [1.54, 1.807) is 6.20 Å². The lowest BCUT2D eigenvalue weighted by atomic mass is 10.1. The minimum Gasteiger partial charge on any atom is -0.332 e. The van der Waals surface area contributed by atoms with Crippen molar-refractivity contribution in [2.45, 2.75) is 31.5 Å². The zero-order valence-corrected chi connectivity index (χ0v) is 11.9. The number of carbonyl (C=O) groups is 1. The summed E-state index contributed by atoms with van der Waals surface area (Å²) in [5.74, 6) is -0.0191. The second-order valence-electron chi connectivity index (χ2n) is 5.41. The lowest BCUT2D eigenvalue weighted by Gasteiger charge is -2.25. The molecule has 4 nitrogen and oxygen atoms in total. The summed E-state index contributed by atoms with van der Waals surface area (Å²) < 4.78 is 0. The van der Waals surface area contributed by atoms with Crippen molar-refractivity contribution >= 4 is 5.91 Å². The fourth-order valence-corrected chi connectivity index (χ4v) is 2.42. The van der Waals surface area contributed by atoms with Gasteiger partial charge in [-0.25, -0.2) is 0 Å². The van der Waals surface area contributed by atoms with Crippen LogP contribution in [0.1, 0.15) is 30.1 Å². The molecule has 1 amide bonds. The van der Waals surface area contributed by atoms with E-state index in [9.17, 15) is 4.79 Å². The third kappa shape index (κ3) is 3.28. The molecule has 1 aliphatic carbocycles. The van der Waals surface area contributed by atoms with E-state index in [4.69, 9.17) is 5.73 Å². The van der Waals surface area contributed by atoms with Crippen LogP contribution in [-0.4, -0.2) is 21.8 Å². The molecule has 1 unspecified atom stereocenters. The first-order valence-electron chi connectivity index (χ1n) is 7.26. The van der Waals surface area contributed by atoms with Gasteiger partial charge in [0.25, 0.3) is 0 Å². The Morgan fingerprint density at radius 3 is 2.52 bits per heavy atom. The molecular weight excluding hydrogens is 262 g/mol. The summed E-state index contributed by atoms with van der Waals surface area (Å²) in [5.41, 5.74) is 7.90. The maximum atomic E-state index is 12.7. The van der Waals surface area contributed by atoms with E-state index < -0.39 is 6.04 Å². The predicted molar refractivity (Wildman–Crippen MR) is 81.2 cm³/mol. The average Bonchev–Trinajstić information content (AvgIpc) is 3.38. The summed E-state index contributed by atoms with van der Waals surface area (Å²) in [6.45, 7) is 0.533. The number of benzene rings is 1. The second kappa shape index (κ2) is 6.06. The molecule has 0 saturated heterocycles. The van der Waals surface area contributed by atoms with Gasteiger partial charge in [-0.3, -0.25) is 9.78 Å². The Balaban J connectivity index is 1.76. The van der Waals surface area contributed by atoms with Crippen molar-refractivity contribution in [2.75, 3.05) is 0 Å². The lowest BCUT2D eigenvalue weighted by Crippen LogP contribution is -2.39. The molecule has 1 aliphatic rings. The highest BCUT2D eigenvalue weighted by atomic mass is 16.2. The van der Waals surface area contributed by atoms with Crippen LogP contribution in [0.3, 0.4) is 0 Å². The Labute approximate surface area is 124 Å². The Morgan fingerprint density at radius 1 is 1.19 bits per heavy atom. The van der Waals surface area contributed by atoms with Crippen LogP contribution in [0.5, 0.6) is 0 Å². The van der Waals surface area contributed by atoms with Gasteiger partial charge in [-0.15, -0.1) is 0 Å². The standard InChI is InChI=1S/C17H19N3O/c18-16(13-6-2-1-3-7-13)17(21)20(15-9-10-15)12-14-8-4-5-11-19-14/h1-8,11,15-16H,9-10,12,18H2. The number of hydrogen-bond acceptors (Lipinski definition) is 3. The van der Waals surface area contributed by atoms with Gasteiger partial charge in [0.2, 0.25) is 5.91 Å². The molecule has 1 aromatic heterocycles. The first kappa shape index (κ1) is 13.8. The van der Waals surface area contributed by atoms with Crippen LogP contribution < -0.4 is 5.73 Å². The molecule has 2 aromatic rings. The highest BCUT2D eigenvalue weighted by molar-refractivity contribution is 5.83. The number of nitrogens with two attached hydrogens (primary N) is 1. The smallest absolute Gasteiger partial charge is 0.244 e. The number of amides is 1. The maximum Gasteiger partial charge on any atom is 0.244 e. The average molecular weight is 281 g/mol. The largest absolute Gasteiger partial charge is 0.332 e. The van der Waals surface area contributed by atoms with Crippen LogP contribution in [-0.2, 0) is 11.3 Å². The summed E-state index contributed by atoms with van der Waals surface area (Å²) >= 11 is 0. The fraction of sp³-hybridized carbons (Fsp3) is 0.294. The van der Waals surface area contributed by atoms with E-state index in [2.05, 4.69) is 4.98 Å². The van der Waals surface area contributed by atoms with Gasteiger partial charge in [-0.1, -0.05) is 36.4 Å². The van der Waals surface area contributed by atoms with E-state index in [0.717, 1.165) is 24.1 Å². The monoisotopic (exact) mass is 281 g/mol. The Hall–Kier alpha value is -2.20. The number of pyridine rings is 1. The number of aromatic nitrogens is 1. The van der Waals surface area contributed by atoms with Gasteiger partial charge in [0.05, 0.1) is 12.2 Å². The van der Waals surface area contributed by atoms with Crippen molar-refractivity contribution < 1.29 is 4.79 Å². The van der Waals surface area contributed by atoms with E-state index in [0.29, 0.717) is 12.6 Å². The van der Waals surface area contributed by atoms with E-state index in [1.807, 2.05) is 53.4 Å². The van der Waals surface area contributed by atoms with E-state index >= 15 is 0 Å². The minimum atomic E-state index is -0.601. The zero-order chi connectivity index (χ0) is 14.7. The normalized spacial score (nSPS) is 15.5. The van der Waals surface area contributed by atoms with Crippen molar-refractivity contribution in [1.82, 2.24) is 9.88 Å². The highest BCUT2D eigenvalue weighted by Gasteiger charge is 2.35. The fourth-order valence-electron chi connectivity index (χ4n) is 2.42. The highest BCUT2D eigenvalue weighted by Crippen LogP contribution is 2.30. The molecular formula is C17H19N3O. The van der Waals surface area contributed by atoms with Gasteiger partial charge in [-0.2, -0.15) is 0 Å². The van der Waals surface area contributed by atoms with Crippen molar-refractivity contribution in [3.63, 3.8) is 0 Å². The maximum absolute atomic E-state index is 12.7. The molecule has 0 bridgehead atoms. The number of carbonyl (C=O) groups excluding carboxylic acids is 1. The van der Waals surface area contributed by atoms with Gasteiger partial charge in [0.1, 0.15) is 6.04 Å². The van der Waals surface area contributed by atoms with Gasteiger partial charge >= 0.3 is 0 Å². The van der Waals surface area contributed by atoms with Gasteiger partial charge in [0.15, 0.2) is 0 Å². The minimum absolute atomic E-state index is 0.0191. The molecule has 2 N–H and O–H groups in total. The molecule has 1 fully saturated rings. The number of rotatable bonds is 5. The zero-order valence-electron chi connectivity index (χ0n) is 11.9. The molecule has 1 heterocycles. The summed E-state index contributed by atoms with van der Waals surface area (Å²) in [5, 5.41) is 0. The molecule has 0 spiro atoms. The SMILES string of the molecule is NC(C(=O)N(Cc1ccccn1)C1CC1)c1ccccc1.